The molecule has 4 heteroatoms. The van der Waals surface area contributed by atoms with E-state index in [2.05, 4.69) is 33.2 Å². The fraction of sp³-hybridized carbons (Fsp3) is 0. The van der Waals surface area contributed by atoms with Crippen LogP contribution in [0.25, 0.3) is 0 Å². The number of nitrogens with one attached hydrogen (secondary N) is 3. The van der Waals surface area contributed by atoms with Crippen LogP contribution in [0, 0.1) is 0 Å². The van der Waals surface area contributed by atoms with Gasteiger partial charge in [-0.1, -0.05) is 0 Å². The van der Waals surface area contributed by atoms with E-state index in [0.29, 0.717) is 0 Å². The molecular formula is C12H12N3Si. The Hall–Kier alpha value is -1.94. The highest BCUT2D eigenvalue weighted by Crippen LogP contribution is 1.90. The van der Waals surface area contributed by atoms with E-state index < -0.39 is 8.80 Å². The molecule has 3 N–H and O–H groups in total. The molecule has 16 heavy (non-hydrogen) atoms. The van der Waals surface area contributed by atoms with Crippen molar-refractivity contribution in [2.45, 2.75) is 0 Å². The molecule has 0 fully saturated rings. The molecule has 3 heterocycles. The molecular weight excluding hydrogens is 214 g/mol. The molecule has 0 atom stereocenters. The Morgan fingerprint density at radius 3 is 1.25 bits per heavy atom. The van der Waals surface area contributed by atoms with Gasteiger partial charge >= 0.3 is 0 Å². The van der Waals surface area contributed by atoms with Crippen molar-refractivity contribution in [1.29, 1.82) is 0 Å². The molecule has 3 aromatic rings. The molecule has 0 spiro atoms. The number of hydrogen-bond donors (Lipinski definition) is 3. The van der Waals surface area contributed by atoms with Gasteiger partial charge in [-0.05, 0) is 36.4 Å². The summed E-state index contributed by atoms with van der Waals surface area (Å²) in [6.07, 6.45) is 5.93. The molecule has 0 saturated heterocycles. The van der Waals surface area contributed by atoms with Gasteiger partial charge in [0.05, 0.1) is 0 Å². The quantitative estimate of drug-likeness (QED) is 0.534. The van der Waals surface area contributed by atoms with E-state index in [1.54, 1.807) is 0 Å². The van der Waals surface area contributed by atoms with Crippen molar-refractivity contribution in [1.82, 2.24) is 15.0 Å². The van der Waals surface area contributed by atoms with E-state index in [1.807, 2.05) is 36.8 Å². The van der Waals surface area contributed by atoms with E-state index in [1.165, 1.54) is 16.0 Å². The normalized spacial score (nSPS) is 11.1. The van der Waals surface area contributed by atoms with Gasteiger partial charge in [-0.25, -0.2) is 0 Å². The molecule has 79 valence electrons. The summed E-state index contributed by atoms with van der Waals surface area (Å²) >= 11 is 0. The highest BCUT2D eigenvalue weighted by molar-refractivity contribution is 6.94. The van der Waals surface area contributed by atoms with E-state index in [0.717, 1.165) is 0 Å². The van der Waals surface area contributed by atoms with E-state index in [4.69, 9.17) is 0 Å². The summed E-state index contributed by atoms with van der Waals surface area (Å²) in [5.41, 5.74) is 0. The summed E-state index contributed by atoms with van der Waals surface area (Å²) in [6.45, 7) is 0. The maximum absolute atomic E-state index is 3.32. The van der Waals surface area contributed by atoms with E-state index in [-0.39, 0.29) is 0 Å². The minimum Gasteiger partial charge on any atom is -0.368 e. The van der Waals surface area contributed by atoms with Crippen molar-refractivity contribution in [3.63, 3.8) is 0 Å². The van der Waals surface area contributed by atoms with Crippen molar-refractivity contribution in [3.8, 4) is 0 Å². The van der Waals surface area contributed by atoms with Crippen LogP contribution in [0.3, 0.4) is 0 Å². The van der Waals surface area contributed by atoms with Crippen molar-refractivity contribution < 1.29 is 0 Å². The summed E-state index contributed by atoms with van der Waals surface area (Å²) in [6, 6.07) is 12.6. The van der Waals surface area contributed by atoms with Crippen LogP contribution >= 0.6 is 0 Å². The predicted molar refractivity (Wildman–Crippen MR) is 67.0 cm³/mol. The lowest BCUT2D eigenvalue weighted by Gasteiger charge is -2.10. The topological polar surface area (TPSA) is 47.4 Å². The third kappa shape index (κ3) is 1.53. The Labute approximate surface area is 95.2 Å². The lowest BCUT2D eigenvalue weighted by Crippen LogP contribution is -2.53. The molecule has 0 aromatic carbocycles. The average Bonchev–Trinajstić information content (AvgIpc) is 3.02. The Kier molecular flexibility index (Phi) is 2.27. The zero-order valence-corrected chi connectivity index (χ0v) is 9.70. The van der Waals surface area contributed by atoms with Gasteiger partial charge in [0.15, 0.2) is 0 Å². The van der Waals surface area contributed by atoms with Gasteiger partial charge in [0, 0.05) is 34.5 Å². The number of aromatic amines is 3. The van der Waals surface area contributed by atoms with Gasteiger partial charge in [0.1, 0.15) is 0 Å². The van der Waals surface area contributed by atoms with Gasteiger partial charge in [-0.15, -0.1) is 0 Å². The van der Waals surface area contributed by atoms with Crippen LogP contribution in [-0.4, -0.2) is 23.7 Å². The van der Waals surface area contributed by atoms with Gasteiger partial charge in [-0.3, -0.25) is 0 Å². The van der Waals surface area contributed by atoms with Crippen LogP contribution in [0.2, 0.25) is 0 Å². The van der Waals surface area contributed by atoms with Crippen LogP contribution in [0.5, 0.6) is 0 Å². The average molecular weight is 226 g/mol. The molecule has 3 nitrogen and oxygen atoms in total. The molecule has 0 unspecified atom stereocenters. The number of aromatic nitrogens is 3. The second-order valence-corrected chi connectivity index (χ2v) is 5.99. The highest BCUT2D eigenvalue weighted by Gasteiger charge is 2.22. The van der Waals surface area contributed by atoms with Gasteiger partial charge < -0.3 is 15.0 Å². The maximum Gasteiger partial charge on any atom is 0.217 e. The second-order valence-electron chi connectivity index (χ2n) is 3.63. The first kappa shape index (κ1) is 9.29. The second kappa shape index (κ2) is 3.90. The molecule has 0 saturated carbocycles. The standard InChI is InChI=1S/C12H12N3Si/c1-4-10(13-7-1)16(11-5-2-8-14-11)12-6-3-9-15-12/h1-9,13-15H. The summed E-state index contributed by atoms with van der Waals surface area (Å²) in [5.74, 6) is 0. The van der Waals surface area contributed by atoms with Crippen LogP contribution in [-0.2, 0) is 0 Å². The molecule has 3 aromatic heterocycles. The Balaban J connectivity index is 2.09. The molecule has 0 aliphatic heterocycles. The summed E-state index contributed by atoms with van der Waals surface area (Å²) < 4.78 is 0. The molecule has 0 bridgehead atoms. The van der Waals surface area contributed by atoms with Crippen LogP contribution in [0.4, 0.5) is 0 Å². The third-order valence-corrected chi connectivity index (χ3v) is 5.15. The first-order valence-electron chi connectivity index (χ1n) is 5.23. The number of H-pyrrole nitrogens is 3. The zero-order chi connectivity index (χ0) is 10.8. The van der Waals surface area contributed by atoms with E-state index in [9.17, 15) is 0 Å². The first-order chi connectivity index (χ1) is 7.95. The van der Waals surface area contributed by atoms with E-state index >= 15 is 0 Å². The molecule has 1 radical (unpaired) electrons. The van der Waals surface area contributed by atoms with Crippen molar-refractivity contribution >= 4 is 24.7 Å². The fourth-order valence-electron chi connectivity index (χ4n) is 1.89. The maximum atomic E-state index is 3.32. The monoisotopic (exact) mass is 226 g/mol. The summed E-state index contributed by atoms with van der Waals surface area (Å²) in [7, 11) is -0.915. The van der Waals surface area contributed by atoms with Crippen LogP contribution < -0.4 is 16.0 Å². The zero-order valence-electron chi connectivity index (χ0n) is 8.70. The Morgan fingerprint density at radius 1 is 0.625 bits per heavy atom. The van der Waals surface area contributed by atoms with Crippen molar-refractivity contribution in [2.24, 2.45) is 0 Å². The predicted octanol–water partition coefficient (Wildman–Crippen LogP) is 0.187. The third-order valence-electron chi connectivity index (χ3n) is 2.60. The largest absolute Gasteiger partial charge is 0.368 e. The molecule has 0 amide bonds. The SMILES string of the molecule is c1c[nH]c([Si](c2ccc[nH]2)c2ccc[nH]2)c1. The number of rotatable bonds is 3. The molecule has 0 aliphatic rings. The van der Waals surface area contributed by atoms with Crippen molar-refractivity contribution in [3.05, 3.63) is 55.0 Å². The minimum absolute atomic E-state index is 0.915. The van der Waals surface area contributed by atoms with Crippen molar-refractivity contribution in [2.75, 3.05) is 0 Å². The Bertz CT molecular complexity index is 441. The lowest BCUT2D eigenvalue weighted by molar-refractivity contribution is 1.42. The first-order valence-corrected chi connectivity index (χ1v) is 6.73. The van der Waals surface area contributed by atoms with Gasteiger partial charge in [-0.2, -0.15) is 0 Å². The molecule has 0 aliphatic carbocycles. The van der Waals surface area contributed by atoms with Gasteiger partial charge in [0.25, 0.3) is 0 Å². The van der Waals surface area contributed by atoms with Crippen LogP contribution in [0.1, 0.15) is 0 Å². The number of hydrogen-bond acceptors (Lipinski definition) is 0. The smallest absolute Gasteiger partial charge is 0.217 e. The summed E-state index contributed by atoms with van der Waals surface area (Å²) in [5, 5.41) is 3.86. The molecule has 3 rings (SSSR count). The summed E-state index contributed by atoms with van der Waals surface area (Å²) in [4.78, 5) is 9.96. The lowest BCUT2D eigenvalue weighted by atomic mass is 10.7. The van der Waals surface area contributed by atoms with Gasteiger partial charge in [0.2, 0.25) is 8.80 Å². The van der Waals surface area contributed by atoms with Crippen LogP contribution in [0.15, 0.2) is 55.0 Å². The Morgan fingerprint density at radius 2 is 1.00 bits per heavy atom. The minimum atomic E-state index is -0.915. The highest BCUT2D eigenvalue weighted by atomic mass is 28.3. The fourth-order valence-corrected chi connectivity index (χ4v) is 4.23.